The first-order chi connectivity index (χ1) is 15.7. The number of benzene rings is 3. The molecular weight excluding hydrogens is 401 g/mol. The Morgan fingerprint density at radius 1 is 0.812 bits per heavy atom. The average Bonchev–Trinajstić information content (AvgIpc) is 2.85. The maximum atomic E-state index is 14.5. The molecule has 0 radical (unpaired) electrons. The Bertz CT molecular complexity index is 1390. The molecule has 5 heteroatoms. The van der Waals surface area contributed by atoms with Gasteiger partial charge in [-0.15, -0.1) is 0 Å². The van der Waals surface area contributed by atoms with E-state index in [4.69, 9.17) is 9.72 Å². The van der Waals surface area contributed by atoms with E-state index >= 15 is 0 Å². The third-order valence-electron chi connectivity index (χ3n) is 5.40. The average molecular weight is 421 g/mol. The van der Waals surface area contributed by atoms with Crippen molar-refractivity contribution in [3.8, 4) is 28.4 Å². The van der Waals surface area contributed by atoms with E-state index in [0.717, 1.165) is 39.9 Å². The maximum absolute atomic E-state index is 14.5. The van der Waals surface area contributed by atoms with E-state index in [9.17, 15) is 4.39 Å². The zero-order chi connectivity index (χ0) is 21.9. The molecule has 2 aromatic heterocycles. The van der Waals surface area contributed by atoms with Gasteiger partial charge in [-0.1, -0.05) is 30.3 Å². The number of hydrogen-bond donors (Lipinski definition) is 0. The minimum Gasteiger partial charge on any atom is -0.497 e. The van der Waals surface area contributed by atoms with Crippen LogP contribution in [-0.4, -0.2) is 22.1 Å². The molecule has 0 N–H and O–H groups in total. The predicted molar refractivity (Wildman–Crippen MR) is 124 cm³/mol. The van der Waals surface area contributed by atoms with Crippen LogP contribution in [0, 0.1) is 5.82 Å². The first-order valence-corrected chi connectivity index (χ1v) is 10.3. The smallest absolute Gasteiger partial charge is 0.163 e. The van der Waals surface area contributed by atoms with Crippen molar-refractivity contribution in [3.63, 3.8) is 0 Å². The van der Waals surface area contributed by atoms with E-state index in [1.807, 2.05) is 30.3 Å². The molecule has 3 aromatic carbocycles. The molecule has 0 saturated heterocycles. The lowest BCUT2D eigenvalue weighted by Gasteiger charge is -2.11. The van der Waals surface area contributed by atoms with E-state index in [0.29, 0.717) is 11.4 Å². The van der Waals surface area contributed by atoms with Crippen LogP contribution in [0.1, 0.15) is 11.1 Å². The molecule has 0 unspecified atom stereocenters. The van der Waals surface area contributed by atoms with Gasteiger partial charge in [0, 0.05) is 23.3 Å². The first kappa shape index (κ1) is 19.8. The summed E-state index contributed by atoms with van der Waals surface area (Å²) in [6.07, 6.45) is 4.23. The van der Waals surface area contributed by atoms with Crippen LogP contribution in [0.5, 0.6) is 5.75 Å². The fraction of sp³-hybridized carbons (Fsp3) is 0.0741. The minimum atomic E-state index is -0.344. The Hall–Kier alpha value is -4.12. The van der Waals surface area contributed by atoms with Crippen LogP contribution < -0.4 is 4.74 Å². The number of halogens is 1. The van der Waals surface area contributed by atoms with Crippen molar-refractivity contribution in [2.45, 2.75) is 6.42 Å². The normalized spacial score (nSPS) is 10.9. The Kier molecular flexibility index (Phi) is 5.30. The number of rotatable bonds is 5. The summed E-state index contributed by atoms with van der Waals surface area (Å²) in [5, 5.41) is 0.919. The van der Waals surface area contributed by atoms with Gasteiger partial charge in [0.05, 0.1) is 23.9 Å². The highest BCUT2D eigenvalue weighted by Gasteiger charge is 2.14. The van der Waals surface area contributed by atoms with Crippen LogP contribution in [0.3, 0.4) is 0 Å². The van der Waals surface area contributed by atoms with Crippen molar-refractivity contribution < 1.29 is 9.13 Å². The molecule has 0 atom stereocenters. The first-order valence-electron chi connectivity index (χ1n) is 10.3. The molecule has 32 heavy (non-hydrogen) atoms. The molecule has 5 aromatic rings. The quantitative estimate of drug-likeness (QED) is 0.344. The van der Waals surface area contributed by atoms with Gasteiger partial charge in [0.25, 0.3) is 0 Å². The molecule has 0 aliphatic heterocycles. The van der Waals surface area contributed by atoms with Crippen molar-refractivity contribution in [1.82, 2.24) is 15.0 Å². The number of hydrogen-bond acceptors (Lipinski definition) is 4. The van der Waals surface area contributed by atoms with E-state index in [-0.39, 0.29) is 5.82 Å². The third-order valence-corrected chi connectivity index (χ3v) is 5.40. The summed E-state index contributed by atoms with van der Waals surface area (Å²) in [5.41, 5.74) is 5.13. The second kappa shape index (κ2) is 8.55. The van der Waals surface area contributed by atoms with E-state index in [1.165, 1.54) is 11.6 Å². The largest absolute Gasteiger partial charge is 0.497 e. The van der Waals surface area contributed by atoms with Crippen LogP contribution >= 0.6 is 0 Å². The summed E-state index contributed by atoms with van der Waals surface area (Å²) in [6, 6.07) is 24.6. The van der Waals surface area contributed by atoms with E-state index in [1.54, 1.807) is 37.7 Å². The molecule has 0 saturated carbocycles. The van der Waals surface area contributed by atoms with Gasteiger partial charge < -0.3 is 4.74 Å². The molecule has 0 amide bonds. The fourth-order valence-corrected chi connectivity index (χ4v) is 3.76. The van der Waals surface area contributed by atoms with E-state index < -0.39 is 0 Å². The van der Waals surface area contributed by atoms with Gasteiger partial charge in [-0.2, -0.15) is 0 Å². The van der Waals surface area contributed by atoms with Gasteiger partial charge in [-0.05, 0) is 66.1 Å². The van der Waals surface area contributed by atoms with Crippen molar-refractivity contribution >= 4 is 10.9 Å². The van der Waals surface area contributed by atoms with Crippen LogP contribution in [0.4, 0.5) is 4.39 Å². The van der Waals surface area contributed by atoms with Gasteiger partial charge in [-0.25, -0.2) is 14.4 Å². The lowest BCUT2D eigenvalue weighted by molar-refractivity contribution is 0.414. The van der Waals surface area contributed by atoms with Gasteiger partial charge in [0.2, 0.25) is 0 Å². The third kappa shape index (κ3) is 3.93. The second-order valence-electron chi connectivity index (χ2n) is 7.49. The summed E-state index contributed by atoms with van der Waals surface area (Å²) in [4.78, 5) is 13.6. The Morgan fingerprint density at radius 3 is 2.31 bits per heavy atom. The number of pyridine rings is 1. The highest BCUT2D eigenvalue weighted by atomic mass is 19.1. The predicted octanol–water partition coefficient (Wildman–Crippen LogP) is 6.10. The SMILES string of the molecule is COc1ccc(Cc2ccc3nc(-c4ccccc4F)nc(-c4ccncc4)c3c2)cc1. The minimum absolute atomic E-state index is 0.344. The highest BCUT2D eigenvalue weighted by Crippen LogP contribution is 2.31. The molecule has 0 aliphatic carbocycles. The topological polar surface area (TPSA) is 47.9 Å². The molecule has 0 bridgehead atoms. The van der Waals surface area contributed by atoms with E-state index in [2.05, 4.69) is 34.2 Å². The molecule has 5 rings (SSSR count). The van der Waals surface area contributed by atoms with Gasteiger partial charge in [-0.3, -0.25) is 4.98 Å². The van der Waals surface area contributed by atoms with Crippen LogP contribution in [0.2, 0.25) is 0 Å². The molecular formula is C27H20FN3O. The summed E-state index contributed by atoms with van der Waals surface area (Å²) in [7, 11) is 1.66. The zero-order valence-electron chi connectivity index (χ0n) is 17.5. The summed E-state index contributed by atoms with van der Waals surface area (Å²) in [5.74, 6) is 0.857. The molecule has 0 spiro atoms. The number of fused-ring (bicyclic) bond motifs is 1. The molecule has 156 valence electrons. The van der Waals surface area contributed by atoms with Crippen molar-refractivity contribution in [1.29, 1.82) is 0 Å². The van der Waals surface area contributed by atoms with Crippen LogP contribution in [0.25, 0.3) is 33.5 Å². The van der Waals surface area contributed by atoms with Crippen molar-refractivity contribution in [3.05, 3.63) is 108 Å². The number of methoxy groups -OCH3 is 1. The van der Waals surface area contributed by atoms with Gasteiger partial charge >= 0.3 is 0 Å². The highest BCUT2D eigenvalue weighted by molar-refractivity contribution is 5.94. The Morgan fingerprint density at radius 2 is 1.56 bits per heavy atom. The summed E-state index contributed by atoms with van der Waals surface area (Å²) >= 11 is 0. The van der Waals surface area contributed by atoms with Crippen LogP contribution in [-0.2, 0) is 6.42 Å². The van der Waals surface area contributed by atoms with Crippen LogP contribution in [0.15, 0.2) is 91.3 Å². The molecule has 0 aliphatic rings. The second-order valence-corrected chi connectivity index (χ2v) is 7.49. The zero-order valence-corrected chi connectivity index (χ0v) is 17.5. The summed E-state index contributed by atoms with van der Waals surface area (Å²) < 4.78 is 19.7. The monoisotopic (exact) mass is 421 g/mol. The van der Waals surface area contributed by atoms with Gasteiger partial charge in [0.1, 0.15) is 11.6 Å². The number of aromatic nitrogens is 3. The van der Waals surface area contributed by atoms with Gasteiger partial charge in [0.15, 0.2) is 5.82 Å². The lowest BCUT2D eigenvalue weighted by atomic mass is 10.00. The Labute approximate surface area is 185 Å². The number of nitrogens with zero attached hydrogens (tertiary/aromatic N) is 3. The summed E-state index contributed by atoms with van der Waals surface area (Å²) in [6.45, 7) is 0. The lowest BCUT2D eigenvalue weighted by Crippen LogP contribution is -1.98. The number of ether oxygens (including phenoxy) is 1. The molecule has 2 heterocycles. The van der Waals surface area contributed by atoms with Crippen molar-refractivity contribution in [2.75, 3.05) is 7.11 Å². The standard InChI is InChI=1S/C27H20FN3O/c1-32-21-9-6-18(7-10-21)16-19-8-11-25-23(17-19)26(20-12-14-29-15-13-20)31-27(30-25)22-4-2-3-5-24(22)28/h2-15,17H,16H2,1H3. The molecule has 4 nitrogen and oxygen atoms in total. The maximum Gasteiger partial charge on any atom is 0.163 e. The Balaban J connectivity index is 1.64. The molecule has 0 fully saturated rings. The van der Waals surface area contributed by atoms with Crippen molar-refractivity contribution in [2.24, 2.45) is 0 Å². The fourth-order valence-electron chi connectivity index (χ4n) is 3.76.